The van der Waals surface area contributed by atoms with Gasteiger partial charge in [0.15, 0.2) is 14.1 Å². The molecule has 0 amide bonds. The van der Waals surface area contributed by atoms with Gasteiger partial charge in [0.1, 0.15) is 12.2 Å². The van der Waals surface area contributed by atoms with Crippen LogP contribution < -0.4 is 11.2 Å². The van der Waals surface area contributed by atoms with Crippen LogP contribution in [-0.2, 0) is 29.2 Å². The van der Waals surface area contributed by atoms with E-state index in [1.54, 1.807) is 6.92 Å². The van der Waals surface area contributed by atoms with Crippen molar-refractivity contribution in [1.29, 1.82) is 0 Å². The second-order valence-electron chi connectivity index (χ2n) is 9.58. The van der Waals surface area contributed by atoms with Gasteiger partial charge in [0.05, 0.1) is 6.61 Å². The van der Waals surface area contributed by atoms with Crippen molar-refractivity contribution in [1.82, 2.24) is 9.55 Å². The molecule has 9 nitrogen and oxygen atoms in total. The molecule has 0 aromatic carbocycles. The lowest BCUT2D eigenvalue weighted by molar-refractivity contribution is -0.163. The molecule has 0 aliphatic carbocycles. The molecule has 2 heterocycles. The summed E-state index contributed by atoms with van der Waals surface area (Å²) in [4.78, 5) is 51.5. The van der Waals surface area contributed by atoms with Crippen LogP contribution in [0.4, 0.5) is 0 Å². The van der Waals surface area contributed by atoms with Gasteiger partial charge in [0.25, 0.3) is 5.56 Å². The van der Waals surface area contributed by atoms with E-state index in [1.165, 1.54) is 20.0 Å². The fourth-order valence-corrected chi connectivity index (χ4v) is 4.35. The highest BCUT2D eigenvalue weighted by Gasteiger charge is 2.55. The predicted octanol–water partition coefficient (Wildman–Crippen LogP) is 2.22. The van der Waals surface area contributed by atoms with Crippen molar-refractivity contribution in [2.45, 2.75) is 90.4 Å². The molecule has 0 unspecified atom stereocenters. The summed E-state index contributed by atoms with van der Waals surface area (Å²) in [6, 6.07) is 0. The van der Waals surface area contributed by atoms with Crippen molar-refractivity contribution in [3.05, 3.63) is 32.6 Å². The van der Waals surface area contributed by atoms with Crippen molar-refractivity contribution in [2.75, 3.05) is 6.61 Å². The van der Waals surface area contributed by atoms with Crippen molar-refractivity contribution < 1.29 is 23.5 Å². The average Bonchev–Trinajstić information content (AvgIpc) is 3.00. The molecule has 2 rings (SSSR count). The molecular formula is C21H34N2O7Si. The van der Waals surface area contributed by atoms with E-state index in [0.29, 0.717) is 0 Å². The Labute approximate surface area is 183 Å². The summed E-state index contributed by atoms with van der Waals surface area (Å²) in [5.74, 6) is -0.872. The van der Waals surface area contributed by atoms with Crippen LogP contribution in [0.3, 0.4) is 0 Å². The van der Waals surface area contributed by atoms with Crippen LogP contribution >= 0.6 is 0 Å². The molecule has 1 aromatic rings. The van der Waals surface area contributed by atoms with Gasteiger partial charge in [-0.25, -0.2) is 4.79 Å². The highest BCUT2D eigenvalue weighted by Crippen LogP contribution is 2.40. The third kappa shape index (κ3) is 5.07. The number of hydrogen-bond acceptors (Lipinski definition) is 7. The highest BCUT2D eigenvalue weighted by atomic mass is 28.4. The quantitative estimate of drug-likeness (QED) is 0.496. The summed E-state index contributed by atoms with van der Waals surface area (Å²) in [5.41, 5.74) is -2.73. The molecule has 1 aliphatic rings. The number of ether oxygens (including phenoxy) is 2. The van der Waals surface area contributed by atoms with Gasteiger partial charge < -0.3 is 13.9 Å². The van der Waals surface area contributed by atoms with Gasteiger partial charge in [-0.2, -0.15) is 0 Å². The first-order valence-corrected chi connectivity index (χ1v) is 13.4. The van der Waals surface area contributed by atoms with Gasteiger partial charge in [-0.05, 0) is 25.1 Å². The lowest BCUT2D eigenvalue weighted by atomic mass is 9.99. The van der Waals surface area contributed by atoms with Crippen LogP contribution in [0.15, 0.2) is 15.8 Å². The number of rotatable bonds is 7. The average molecular weight is 455 g/mol. The van der Waals surface area contributed by atoms with E-state index in [-0.39, 0.29) is 35.8 Å². The van der Waals surface area contributed by atoms with Crippen LogP contribution in [0, 0.1) is 6.92 Å². The number of ketones is 1. The minimum atomic E-state index is -2.15. The molecule has 1 N–H and O–H groups in total. The molecule has 0 bridgehead atoms. The third-order valence-electron chi connectivity index (χ3n) is 6.24. The van der Waals surface area contributed by atoms with E-state index < -0.39 is 43.5 Å². The molecule has 1 aliphatic heterocycles. The zero-order valence-electron chi connectivity index (χ0n) is 19.7. The number of H-pyrrole nitrogens is 1. The Bertz CT molecular complexity index is 960. The van der Waals surface area contributed by atoms with Gasteiger partial charge in [0.2, 0.25) is 5.72 Å². The first-order valence-electron chi connectivity index (χ1n) is 10.5. The van der Waals surface area contributed by atoms with E-state index in [4.69, 9.17) is 13.9 Å². The summed E-state index contributed by atoms with van der Waals surface area (Å²) < 4.78 is 19.0. The summed E-state index contributed by atoms with van der Waals surface area (Å²) in [7, 11) is -2.15. The van der Waals surface area contributed by atoms with Crippen molar-refractivity contribution in [2.24, 2.45) is 0 Å². The normalized spacial score (nSPS) is 24.3. The van der Waals surface area contributed by atoms with E-state index in [9.17, 15) is 19.2 Å². The zero-order chi connectivity index (χ0) is 23.8. The second kappa shape index (κ2) is 8.83. The smallest absolute Gasteiger partial charge is 0.331 e. The van der Waals surface area contributed by atoms with Gasteiger partial charge in [0, 0.05) is 31.5 Å². The molecule has 1 fully saturated rings. The van der Waals surface area contributed by atoms with Gasteiger partial charge in [-0.1, -0.05) is 27.7 Å². The van der Waals surface area contributed by atoms with Crippen molar-refractivity contribution in [3.8, 4) is 0 Å². The highest BCUT2D eigenvalue weighted by molar-refractivity contribution is 6.74. The van der Waals surface area contributed by atoms with E-state index in [1.807, 2.05) is 0 Å². The summed E-state index contributed by atoms with van der Waals surface area (Å²) in [5, 5.41) is -0.0498. The first-order chi connectivity index (χ1) is 14.1. The van der Waals surface area contributed by atoms with Crippen LogP contribution in [0.5, 0.6) is 0 Å². The van der Waals surface area contributed by atoms with Gasteiger partial charge >= 0.3 is 11.7 Å². The summed E-state index contributed by atoms with van der Waals surface area (Å²) >= 11 is 0. The van der Waals surface area contributed by atoms with E-state index in [2.05, 4.69) is 38.8 Å². The molecule has 3 atom stereocenters. The Morgan fingerprint density at radius 1 is 1.32 bits per heavy atom. The standard InChI is InChI=1S/C21H34N2O7Si/c1-9-17(25)21(23-11-13(2)18(26)22-19(23)27)10-15(29-14(3)24)16(30-21)12-28-31(7,8)20(4,5)6/h11,15-16H,9-10,12H2,1-8H3,(H,22,26,27)/t15-,16+,21-/m0/s1. The first kappa shape index (κ1) is 25.2. The molecule has 31 heavy (non-hydrogen) atoms. The predicted molar refractivity (Wildman–Crippen MR) is 118 cm³/mol. The van der Waals surface area contributed by atoms with E-state index >= 15 is 0 Å². The second-order valence-corrected chi connectivity index (χ2v) is 14.4. The Balaban J connectivity index is 2.51. The van der Waals surface area contributed by atoms with Crippen molar-refractivity contribution in [3.63, 3.8) is 0 Å². The Morgan fingerprint density at radius 3 is 2.45 bits per heavy atom. The molecule has 1 saturated heterocycles. The van der Waals surface area contributed by atoms with Gasteiger partial charge in [-0.3, -0.25) is 23.9 Å². The lowest BCUT2D eigenvalue weighted by Gasteiger charge is -2.37. The molecular weight excluding hydrogens is 420 g/mol. The number of aromatic amines is 1. The summed E-state index contributed by atoms with van der Waals surface area (Å²) in [6.07, 6.45) is -0.162. The molecule has 10 heteroatoms. The fraction of sp³-hybridized carbons (Fsp3) is 0.714. The maximum absolute atomic E-state index is 13.1. The number of Topliss-reactive ketones (excluding diaryl/α,β-unsaturated/α-hetero) is 1. The largest absolute Gasteiger partial charge is 0.459 e. The zero-order valence-corrected chi connectivity index (χ0v) is 20.7. The lowest BCUT2D eigenvalue weighted by Crippen LogP contribution is -2.50. The molecule has 0 radical (unpaired) electrons. The van der Waals surface area contributed by atoms with Gasteiger partial charge in [-0.15, -0.1) is 0 Å². The minimum absolute atomic E-state index is 0.0455. The Kier molecular flexibility index (Phi) is 7.19. The number of carbonyl (C=O) groups excluding carboxylic acids is 2. The third-order valence-corrected chi connectivity index (χ3v) is 10.7. The maximum Gasteiger partial charge on any atom is 0.331 e. The van der Waals surface area contributed by atoms with Crippen LogP contribution in [0.2, 0.25) is 18.1 Å². The molecule has 174 valence electrons. The number of aryl methyl sites for hydroxylation is 1. The fourth-order valence-electron chi connectivity index (χ4n) is 3.34. The summed E-state index contributed by atoms with van der Waals surface area (Å²) in [6.45, 7) is 15.1. The maximum atomic E-state index is 13.1. The van der Waals surface area contributed by atoms with Crippen LogP contribution in [0.25, 0.3) is 0 Å². The van der Waals surface area contributed by atoms with Crippen LogP contribution in [0.1, 0.15) is 53.0 Å². The number of nitrogens with zero attached hydrogens (tertiary/aromatic N) is 1. The number of esters is 1. The Morgan fingerprint density at radius 2 is 1.94 bits per heavy atom. The number of carbonyl (C=O) groups is 2. The van der Waals surface area contributed by atoms with Crippen LogP contribution in [-0.4, -0.2) is 48.4 Å². The SMILES string of the molecule is CCC(=O)[C@]1(n2cc(C)c(=O)[nH]c2=O)C[C@H](OC(C)=O)[C@@H](CO[Si](C)(C)C(C)(C)C)O1. The number of aromatic nitrogens is 2. The molecule has 0 saturated carbocycles. The topological polar surface area (TPSA) is 117 Å². The van der Waals surface area contributed by atoms with E-state index in [0.717, 1.165) is 4.57 Å². The number of hydrogen-bond donors (Lipinski definition) is 1. The van der Waals surface area contributed by atoms with Crippen molar-refractivity contribution >= 4 is 20.1 Å². The number of nitrogens with one attached hydrogen (secondary N) is 1. The Hall–Kier alpha value is -2.04. The minimum Gasteiger partial charge on any atom is -0.459 e. The molecule has 1 aromatic heterocycles. The monoisotopic (exact) mass is 454 g/mol. The molecule has 0 spiro atoms.